The number of aryl methyl sites for hydroxylation is 1. The van der Waals surface area contributed by atoms with Crippen molar-refractivity contribution < 1.29 is 0 Å². The van der Waals surface area contributed by atoms with Crippen LogP contribution in [0.25, 0.3) is 0 Å². The summed E-state index contributed by atoms with van der Waals surface area (Å²) in [6.45, 7) is 7.70. The van der Waals surface area contributed by atoms with E-state index in [1.807, 2.05) is 11.3 Å². The summed E-state index contributed by atoms with van der Waals surface area (Å²) in [6.07, 6.45) is 4.78. The van der Waals surface area contributed by atoms with E-state index in [0.717, 1.165) is 6.42 Å². The van der Waals surface area contributed by atoms with Gasteiger partial charge in [-0.15, -0.1) is 11.3 Å². The first-order chi connectivity index (χ1) is 7.52. The molecule has 0 amide bonds. The van der Waals surface area contributed by atoms with E-state index in [4.69, 9.17) is 10.7 Å². The number of thiazole rings is 1. The van der Waals surface area contributed by atoms with Crippen LogP contribution in [0.15, 0.2) is 0 Å². The molecule has 2 rings (SSSR count). The van der Waals surface area contributed by atoms with Crippen LogP contribution in [0, 0.1) is 5.41 Å². The Morgan fingerprint density at radius 2 is 2.19 bits per heavy atom. The van der Waals surface area contributed by atoms with Gasteiger partial charge in [0.2, 0.25) is 0 Å². The molecule has 0 fully saturated rings. The minimum Gasteiger partial charge on any atom is -0.330 e. The molecule has 16 heavy (non-hydrogen) atoms. The van der Waals surface area contributed by atoms with Crippen LogP contribution in [0.5, 0.6) is 0 Å². The third kappa shape index (κ3) is 2.30. The Morgan fingerprint density at radius 3 is 2.81 bits per heavy atom. The Hall–Kier alpha value is -0.410. The minimum absolute atomic E-state index is 0.337. The highest BCUT2D eigenvalue weighted by atomic mass is 32.1. The fourth-order valence-electron chi connectivity index (χ4n) is 2.54. The molecule has 2 nitrogen and oxygen atoms in total. The highest BCUT2D eigenvalue weighted by molar-refractivity contribution is 7.11. The number of hydrogen-bond donors (Lipinski definition) is 1. The van der Waals surface area contributed by atoms with Crippen molar-refractivity contribution in [1.82, 2.24) is 4.98 Å². The fourth-order valence-corrected chi connectivity index (χ4v) is 3.73. The molecule has 0 aromatic carbocycles. The van der Waals surface area contributed by atoms with Crippen LogP contribution in [-0.2, 0) is 12.8 Å². The maximum Gasteiger partial charge on any atom is 0.0943 e. The van der Waals surface area contributed by atoms with Crippen LogP contribution in [0.2, 0.25) is 0 Å². The molecule has 0 spiro atoms. The van der Waals surface area contributed by atoms with Crippen molar-refractivity contribution in [3.8, 4) is 0 Å². The molecule has 90 valence electrons. The second-order valence-electron chi connectivity index (χ2n) is 5.77. The van der Waals surface area contributed by atoms with Gasteiger partial charge in [-0.1, -0.05) is 20.8 Å². The summed E-state index contributed by atoms with van der Waals surface area (Å²) in [7, 11) is 0. The monoisotopic (exact) mass is 238 g/mol. The summed E-state index contributed by atoms with van der Waals surface area (Å²) in [5.74, 6) is 0.638. The van der Waals surface area contributed by atoms with Gasteiger partial charge in [0.25, 0.3) is 0 Å². The smallest absolute Gasteiger partial charge is 0.0943 e. The van der Waals surface area contributed by atoms with E-state index in [1.54, 1.807) is 0 Å². The zero-order chi connectivity index (χ0) is 11.8. The molecule has 1 unspecified atom stereocenters. The lowest BCUT2D eigenvalue weighted by molar-refractivity contribution is 0.285. The van der Waals surface area contributed by atoms with E-state index in [2.05, 4.69) is 20.8 Å². The maximum absolute atomic E-state index is 5.61. The van der Waals surface area contributed by atoms with Crippen LogP contribution in [0.1, 0.15) is 55.1 Å². The molecule has 1 aromatic heterocycles. The Bertz CT molecular complexity index is 362. The summed E-state index contributed by atoms with van der Waals surface area (Å²) in [4.78, 5) is 6.35. The van der Waals surface area contributed by atoms with E-state index in [9.17, 15) is 0 Å². The van der Waals surface area contributed by atoms with Crippen LogP contribution in [0.3, 0.4) is 0 Å². The van der Waals surface area contributed by atoms with Gasteiger partial charge in [-0.2, -0.15) is 0 Å². The maximum atomic E-state index is 5.61. The van der Waals surface area contributed by atoms with Gasteiger partial charge in [0.1, 0.15) is 0 Å². The lowest BCUT2D eigenvalue weighted by Gasteiger charge is -2.32. The number of aromatic nitrogens is 1. The summed E-state index contributed by atoms with van der Waals surface area (Å²) in [6, 6.07) is 0. The Labute approximate surface area is 102 Å². The summed E-state index contributed by atoms with van der Waals surface area (Å²) < 4.78 is 0. The molecule has 1 atom stereocenters. The van der Waals surface area contributed by atoms with Crippen LogP contribution >= 0.6 is 11.3 Å². The van der Waals surface area contributed by atoms with Crippen molar-refractivity contribution in [3.05, 3.63) is 15.6 Å². The molecule has 0 aliphatic heterocycles. The molecule has 3 heteroatoms. The Morgan fingerprint density at radius 1 is 1.44 bits per heavy atom. The van der Waals surface area contributed by atoms with E-state index < -0.39 is 0 Å². The van der Waals surface area contributed by atoms with Crippen molar-refractivity contribution >= 4 is 11.3 Å². The summed E-state index contributed by atoms with van der Waals surface area (Å²) >= 11 is 1.89. The largest absolute Gasteiger partial charge is 0.330 e. The average molecular weight is 238 g/mol. The second-order valence-corrected chi connectivity index (χ2v) is 6.93. The van der Waals surface area contributed by atoms with Crippen molar-refractivity contribution in [2.45, 2.75) is 52.4 Å². The minimum atomic E-state index is 0.337. The quantitative estimate of drug-likeness (QED) is 0.860. The SMILES string of the molecule is CC(C)(C)C1CCCc2sc(CCN)nc21. The Balaban J connectivity index is 2.31. The topological polar surface area (TPSA) is 38.9 Å². The lowest BCUT2D eigenvalue weighted by Crippen LogP contribution is -2.22. The number of rotatable bonds is 2. The molecule has 1 aromatic rings. The van der Waals surface area contributed by atoms with Crippen molar-refractivity contribution in [1.29, 1.82) is 0 Å². The zero-order valence-corrected chi connectivity index (χ0v) is 11.4. The number of fused-ring (bicyclic) bond motifs is 1. The number of hydrogen-bond acceptors (Lipinski definition) is 3. The van der Waals surface area contributed by atoms with Crippen LogP contribution < -0.4 is 5.73 Å². The molecule has 2 N–H and O–H groups in total. The lowest BCUT2D eigenvalue weighted by atomic mass is 9.73. The van der Waals surface area contributed by atoms with Gasteiger partial charge in [-0.3, -0.25) is 0 Å². The fraction of sp³-hybridized carbons (Fsp3) is 0.769. The van der Waals surface area contributed by atoms with Crippen LogP contribution in [-0.4, -0.2) is 11.5 Å². The van der Waals surface area contributed by atoms with E-state index in [0.29, 0.717) is 17.9 Å². The summed E-state index contributed by atoms with van der Waals surface area (Å²) in [5, 5.41) is 1.24. The molecule has 0 radical (unpaired) electrons. The molecule has 1 heterocycles. The van der Waals surface area contributed by atoms with E-state index >= 15 is 0 Å². The number of nitrogens with two attached hydrogens (primary N) is 1. The third-order valence-corrected chi connectivity index (χ3v) is 4.59. The predicted octanol–water partition coefficient (Wildman–Crippen LogP) is 3.11. The average Bonchev–Trinajstić information content (AvgIpc) is 2.58. The molecular formula is C13H22N2S. The summed E-state index contributed by atoms with van der Waals surface area (Å²) in [5.41, 5.74) is 7.32. The third-order valence-electron chi connectivity index (χ3n) is 3.40. The first-order valence-corrected chi connectivity index (χ1v) is 7.02. The Kier molecular flexibility index (Phi) is 3.36. The standard InChI is InChI=1S/C13H22N2S/c1-13(2,3)9-5-4-6-10-12(9)15-11(16-10)7-8-14/h9H,4-8,14H2,1-3H3. The van der Waals surface area contributed by atoms with Gasteiger partial charge in [-0.05, 0) is 31.2 Å². The first-order valence-electron chi connectivity index (χ1n) is 6.21. The second kappa shape index (κ2) is 4.46. The molecule has 0 saturated heterocycles. The number of nitrogens with zero attached hydrogens (tertiary/aromatic N) is 1. The van der Waals surface area contributed by atoms with Gasteiger partial charge in [0, 0.05) is 17.2 Å². The highest BCUT2D eigenvalue weighted by Gasteiger charge is 2.33. The van der Waals surface area contributed by atoms with Gasteiger partial charge < -0.3 is 5.73 Å². The first kappa shape index (κ1) is 12.1. The molecule has 0 saturated carbocycles. The normalized spacial score (nSPS) is 20.9. The van der Waals surface area contributed by atoms with Gasteiger partial charge >= 0.3 is 0 Å². The predicted molar refractivity (Wildman–Crippen MR) is 70.0 cm³/mol. The van der Waals surface area contributed by atoms with Crippen molar-refractivity contribution in [3.63, 3.8) is 0 Å². The van der Waals surface area contributed by atoms with Crippen molar-refractivity contribution in [2.24, 2.45) is 11.1 Å². The molecule has 1 aliphatic rings. The van der Waals surface area contributed by atoms with Crippen LogP contribution in [0.4, 0.5) is 0 Å². The molecule has 1 aliphatic carbocycles. The zero-order valence-electron chi connectivity index (χ0n) is 10.5. The van der Waals surface area contributed by atoms with Crippen molar-refractivity contribution in [2.75, 3.05) is 6.54 Å². The highest BCUT2D eigenvalue weighted by Crippen LogP contribution is 2.44. The van der Waals surface area contributed by atoms with E-state index in [-0.39, 0.29) is 0 Å². The van der Waals surface area contributed by atoms with Gasteiger partial charge in [0.15, 0.2) is 0 Å². The van der Waals surface area contributed by atoms with E-state index in [1.165, 1.54) is 34.8 Å². The van der Waals surface area contributed by atoms with Gasteiger partial charge in [0.05, 0.1) is 10.7 Å². The molecule has 0 bridgehead atoms. The van der Waals surface area contributed by atoms with Gasteiger partial charge in [-0.25, -0.2) is 4.98 Å². The molecular weight excluding hydrogens is 216 g/mol.